The molecule has 0 saturated heterocycles. The molecule has 0 bridgehead atoms. The summed E-state index contributed by atoms with van der Waals surface area (Å²) < 4.78 is 1.08. The quantitative estimate of drug-likeness (QED) is 0.918. The molecule has 0 saturated carbocycles. The van der Waals surface area contributed by atoms with Crippen molar-refractivity contribution in [1.29, 1.82) is 5.26 Å². The van der Waals surface area contributed by atoms with Crippen molar-refractivity contribution in [3.05, 3.63) is 9.48 Å². The molecule has 1 rings (SSSR count). The van der Waals surface area contributed by atoms with Gasteiger partial charge in [-0.2, -0.15) is 5.26 Å². The molecule has 1 heterocycles. The normalized spacial score (nSPS) is 12.1. The molecule has 5 heteroatoms. The minimum absolute atomic E-state index is 0.0164. The van der Waals surface area contributed by atoms with E-state index in [1.54, 1.807) is 11.3 Å². The Morgan fingerprint density at radius 2 is 2.43 bits per heavy atom. The van der Waals surface area contributed by atoms with Crippen molar-refractivity contribution in [2.24, 2.45) is 5.92 Å². The van der Waals surface area contributed by atoms with Gasteiger partial charge in [-0.05, 0) is 29.3 Å². The number of rotatable bonds is 4. The molecule has 1 N–H and O–H groups in total. The number of thiazole rings is 1. The molecule has 0 aliphatic carbocycles. The zero-order valence-electron chi connectivity index (χ0n) is 8.17. The van der Waals surface area contributed by atoms with Crippen LogP contribution < -0.4 is 5.32 Å². The number of halogens is 1. The number of anilines is 1. The average molecular weight is 274 g/mol. The summed E-state index contributed by atoms with van der Waals surface area (Å²) in [6, 6.07) is 2.17. The zero-order chi connectivity index (χ0) is 10.6. The van der Waals surface area contributed by atoms with Crippen LogP contribution in [0.15, 0.2) is 3.79 Å². The summed E-state index contributed by atoms with van der Waals surface area (Å²) in [5.41, 5.74) is 1.07. The Kier molecular flexibility index (Phi) is 4.36. The third-order valence-electron chi connectivity index (χ3n) is 1.76. The van der Waals surface area contributed by atoms with Gasteiger partial charge in [0.15, 0.2) is 5.13 Å². The van der Waals surface area contributed by atoms with Gasteiger partial charge in [0.25, 0.3) is 0 Å². The highest BCUT2D eigenvalue weighted by atomic mass is 79.9. The van der Waals surface area contributed by atoms with Gasteiger partial charge in [-0.25, -0.2) is 4.98 Å². The van der Waals surface area contributed by atoms with E-state index in [9.17, 15) is 0 Å². The van der Waals surface area contributed by atoms with Gasteiger partial charge in [0.2, 0.25) is 0 Å². The van der Waals surface area contributed by atoms with Crippen LogP contribution in [0.2, 0.25) is 0 Å². The molecular formula is C9H12BrN3S. The third kappa shape index (κ3) is 2.96. The van der Waals surface area contributed by atoms with Crippen molar-refractivity contribution >= 4 is 32.4 Å². The van der Waals surface area contributed by atoms with Crippen LogP contribution in [0.4, 0.5) is 5.13 Å². The number of nitriles is 1. The maximum Gasteiger partial charge on any atom is 0.184 e. The summed E-state index contributed by atoms with van der Waals surface area (Å²) in [7, 11) is 0. The van der Waals surface area contributed by atoms with Crippen molar-refractivity contribution in [1.82, 2.24) is 4.98 Å². The lowest BCUT2D eigenvalue weighted by Gasteiger charge is -2.02. The van der Waals surface area contributed by atoms with Crippen molar-refractivity contribution < 1.29 is 0 Å². The van der Waals surface area contributed by atoms with Crippen LogP contribution in [0.1, 0.15) is 19.5 Å². The van der Waals surface area contributed by atoms with Crippen LogP contribution in [0.5, 0.6) is 0 Å². The highest BCUT2D eigenvalue weighted by molar-refractivity contribution is 9.11. The smallest absolute Gasteiger partial charge is 0.184 e. The van der Waals surface area contributed by atoms with Crippen LogP contribution in [0, 0.1) is 17.2 Å². The number of aromatic nitrogens is 1. The molecule has 0 aromatic carbocycles. The molecule has 3 nitrogen and oxygen atoms in total. The second kappa shape index (κ2) is 5.32. The van der Waals surface area contributed by atoms with Gasteiger partial charge in [0.1, 0.15) is 0 Å². The Balaban J connectivity index is 2.56. The van der Waals surface area contributed by atoms with Crippen molar-refractivity contribution in [2.75, 3.05) is 11.9 Å². The second-order valence-corrected chi connectivity index (χ2v) is 5.32. The fourth-order valence-electron chi connectivity index (χ4n) is 0.913. The van der Waals surface area contributed by atoms with E-state index in [1.165, 1.54) is 0 Å². The summed E-state index contributed by atoms with van der Waals surface area (Å²) in [6.07, 6.45) is 0.923. The number of hydrogen-bond donors (Lipinski definition) is 1. The molecule has 0 aliphatic heterocycles. The molecule has 14 heavy (non-hydrogen) atoms. The molecule has 1 aromatic heterocycles. The topological polar surface area (TPSA) is 48.7 Å². The Morgan fingerprint density at radius 3 is 2.93 bits per heavy atom. The van der Waals surface area contributed by atoms with Crippen molar-refractivity contribution in [3.8, 4) is 6.07 Å². The minimum Gasteiger partial charge on any atom is -0.360 e. The van der Waals surface area contributed by atoms with E-state index in [0.717, 1.165) is 21.0 Å². The molecule has 76 valence electrons. The standard InChI is InChI=1S/C9H12BrN3S/c1-3-7-8(10)14-9(13-7)12-5-6(2)4-11/h6H,3,5H2,1-2H3,(H,12,13). The van der Waals surface area contributed by atoms with E-state index >= 15 is 0 Å². The predicted octanol–water partition coefficient (Wildman–Crippen LogP) is 3.04. The van der Waals surface area contributed by atoms with Crippen LogP contribution in [-0.4, -0.2) is 11.5 Å². The minimum atomic E-state index is 0.0164. The Labute approximate surface area is 96.3 Å². The third-order valence-corrected chi connectivity index (χ3v) is 3.55. The number of nitrogens with zero attached hydrogens (tertiary/aromatic N) is 2. The van der Waals surface area contributed by atoms with Gasteiger partial charge in [0.05, 0.1) is 21.5 Å². The average Bonchev–Trinajstić information content (AvgIpc) is 2.55. The predicted molar refractivity (Wildman–Crippen MR) is 62.5 cm³/mol. The first-order valence-electron chi connectivity index (χ1n) is 4.46. The molecule has 0 aliphatic rings. The maximum absolute atomic E-state index is 8.60. The summed E-state index contributed by atoms with van der Waals surface area (Å²) in [5.74, 6) is 0.0164. The first kappa shape index (κ1) is 11.5. The van der Waals surface area contributed by atoms with Gasteiger partial charge >= 0.3 is 0 Å². The van der Waals surface area contributed by atoms with Crippen LogP contribution in [0.3, 0.4) is 0 Å². The zero-order valence-corrected chi connectivity index (χ0v) is 10.6. The first-order valence-corrected chi connectivity index (χ1v) is 6.07. The first-order chi connectivity index (χ1) is 6.67. The maximum atomic E-state index is 8.60. The lowest BCUT2D eigenvalue weighted by molar-refractivity contribution is 0.784. The van der Waals surface area contributed by atoms with Crippen LogP contribution >= 0.6 is 27.3 Å². The van der Waals surface area contributed by atoms with Gasteiger partial charge in [-0.1, -0.05) is 18.3 Å². The molecule has 1 atom stereocenters. The number of aryl methyl sites for hydroxylation is 1. The molecule has 1 unspecified atom stereocenters. The van der Waals surface area contributed by atoms with Gasteiger partial charge in [-0.15, -0.1) is 0 Å². The molecule has 0 spiro atoms. The van der Waals surface area contributed by atoms with Crippen LogP contribution in [-0.2, 0) is 6.42 Å². The summed E-state index contributed by atoms with van der Waals surface area (Å²) in [6.45, 7) is 4.61. The molecule has 0 fully saturated rings. The van der Waals surface area contributed by atoms with E-state index in [4.69, 9.17) is 5.26 Å². The van der Waals surface area contributed by atoms with Gasteiger partial charge in [0, 0.05) is 6.54 Å². The highest BCUT2D eigenvalue weighted by Crippen LogP contribution is 2.28. The fourth-order valence-corrected chi connectivity index (χ4v) is 2.53. The van der Waals surface area contributed by atoms with Gasteiger partial charge in [-0.3, -0.25) is 0 Å². The summed E-state index contributed by atoms with van der Waals surface area (Å²) in [4.78, 5) is 4.39. The Morgan fingerprint density at radius 1 is 1.71 bits per heavy atom. The molecule has 0 radical (unpaired) electrons. The Hall–Kier alpha value is -0.600. The number of nitrogens with one attached hydrogen (secondary N) is 1. The lowest BCUT2D eigenvalue weighted by Crippen LogP contribution is -2.08. The van der Waals surface area contributed by atoms with Crippen LogP contribution in [0.25, 0.3) is 0 Å². The lowest BCUT2D eigenvalue weighted by atomic mass is 10.2. The number of hydrogen-bond acceptors (Lipinski definition) is 4. The highest BCUT2D eigenvalue weighted by Gasteiger charge is 2.07. The van der Waals surface area contributed by atoms with E-state index in [-0.39, 0.29) is 5.92 Å². The largest absolute Gasteiger partial charge is 0.360 e. The SMILES string of the molecule is CCc1nc(NCC(C)C#N)sc1Br. The van der Waals surface area contributed by atoms with E-state index in [0.29, 0.717) is 6.54 Å². The molecule has 1 aromatic rings. The van der Waals surface area contributed by atoms with E-state index in [2.05, 4.69) is 39.2 Å². The van der Waals surface area contributed by atoms with Crippen molar-refractivity contribution in [3.63, 3.8) is 0 Å². The second-order valence-electron chi connectivity index (χ2n) is 3.00. The van der Waals surface area contributed by atoms with E-state index in [1.807, 2.05) is 6.92 Å². The monoisotopic (exact) mass is 273 g/mol. The van der Waals surface area contributed by atoms with E-state index < -0.39 is 0 Å². The van der Waals surface area contributed by atoms with Crippen molar-refractivity contribution in [2.45, 2.75) is 20.3 Å². The summed E-state index contributed by atoms with van der Waals surface area (Å²) in [5, 5.41) is 12.6. The Bertz CT molecular complexity index is 342. The summed E-state index contributed by atoms with van der Waals surface area (Å²) >= 11 is 5.03. The fraction of sp³-hybridized carbons (Fsp3) is 0.556. The van der Waals surface area contributed by atoms with Gasteiger partial charge < -0.3 is 5.32 Å². The molecular weight excluding hydrogens is 262 g/mol. The molecule has 0 amide bonds.